The maximum absolute atomic E-state index is 12.2. The molecule has 1 saturated heterocycles. The molecule has 1 N–H and O–H groups in total. The molecule has 1 aromatic carbocycles. The van der Waals surface area contributed by atoms with E-state index in [1.165, 1.54) is 42.2 Å². The lowest BCUT2D eigenvalue weighted by atomic mass is 10.1. The van der Waals surface area contributed by atoms with Gasteiger partial charge in [0.05, 0.1) is 5.75 Å². The van der Waals surface area contributed by atoms with Gasteiger partial charge in [-0.3, -0.25) is 4.79 Å². The fourth-order valence-corrected chi connectivity index (χ4v) is 4.10. The number of aromatic nitrogens is 2. The number of nitrogens with one attached hydrogen (secondary N) is 1. The monoisotopic (exact) mass is 354 g/mol. The second-order valence-electron chi connectivity index (χ2n) is 6.60. The van der Waals surface area contributed by atoms with Gasteiger partial charge in [-0.05, 0) is 67.5 Å². The van der Waals surface area contributed by atoms with Gasteiger partial charge in [0.2, 0.25) is 5.91 Å². The first-order valence-electron chi connectivity index (χ1n) is 8.91. The van der Waals surface area contributed by atoms with Crippen molar-refractivity contribution in [2.24, 2.45) is 0 Å². The minimum absolute atomic E-state index is 0.00614. The maximum Gasteiger partial charge on any atom is 0.234 e. The molecule has 25 heavy (non-hydrogen) atoms. The predicted molar refractivity (Wildman–Crippen MR) is 101 cm³/mol. The van der Waals surface area contributed by atoms with Gasteiger partial charge in [-0.15, -0.1) is 10.2 Å². The molecule has 130 valence electrons. The third kappa shape index (κ3) is 3.95. The quantitative estimate of drug-likeness (QED) is 0.835. The van der Waals surface area contributed by atoms with Gasteiger partial charge < -0.3 is 10.2 Å². The van der Waals surface area contributed by atoms with Crippen LogP contribution in [0.25, 0.3) is 0 Å². The van der Waals surface area contributed by atoms with Gasteiger partial charge in [0, 0.05) is 18.8 Å². The number of carbonyl (C=O) groups excluding carboxylic acids is 1. The van der Waals surface area contributed by atoms with E-state index in [1.807, 2.05) is 18.2 Å². The number of carbonyl (C=O) groups is 1. The summed E-state index contributed by atoms with van der Waals surface area (Å²) < 4.78 is 0. The average Bonchev–Trinajstić information content (AvgIpc) is 3.32. The maximum atomic E-state index is 12.2. The number of benzene rings is 1. The molecule has 1 fully saturated rings. The Morgan fingerprint density at radius 1 is 1.04 bits per heavy atom. The van der Waals surface area contributed by atoms with Gasteiger partial charge in [-0.2, -0.15) is 0 Å². The van der Waals surface area contributed by atoms with E-state index < -0.39 is 0 Å². The number of fused-ring (bicyclic) bond motifs is 1. The molecule has 2 aromatic rings. The van der Waals surface area contributed by atoms with Crippen LogP contribution in [0.2, 0.25) is 0 Å². The van der Waals surface area contributed by atoms with Crippen LogP contribution in [0.4, 0.5) is 11.5 Å². The molecule has 2 heterocycles. The van der Waals surface area contributed by atoms with E-state index in [1.54, 1.807) is 0 Å². The van der Waals surface area contributed by atoms with Crippen molar-refractivity contribution in [1.29, 1.82) is 0 Å². The van der Waals surface area contributed by atoms with Crippen LogP contribution in [-0.2, 0) is 17.6 Å². The first-order valence-corrected chi connectivity index (χ1v) is 9.90. The number of anilines is 2. The van der Waals surface area contributed by atoms with Crippen molar-refractivity contribution in [2.45, 2.75) is 37.1 Å². The first kappa shape index (κ1) is 16.4. The Morgan fingerprint density at radius 2 is 1.88 bits per heavy atom. The van der Waals surface area contributed by atoms with Crippen molar-refractivity contribution in [3.63, 3.8) is 0 Å². The van der Waals surface area contributed by atoms with Gasteiger partial charge in [-0.25, -0.2) is 0 Å². The van der Waals surface area contributed by atoms with Crippen molar-refractivity contribution in [1.82, 2.24) is 10.2 Å². The number of amides is 1. The Labute approximate surface area is 152 Å². The molecule has 4 rings (SSSR count). The lowest BCUT2D eigenvalue weighted by Crippen LogP contribution is -2.19. The summed E-state index contributed by atoms with van der Waals surface area (Å²) in [6.45, 7) is 2.12. The summed E-state index contributed by atoms with van der Waals surface area (Å²) in [6, 6.07) is 10.2. The molecule has 6 heteroatoms. The van der Waals surface area contributed by atoms with Crippen LogP contribution in [0.5, 0.6) is 0 Å². The predicted octanol–water partition coefficient (Wildman–Crippen LogP) is 3.30. The number of hydrogen-bond donors (Lipinski definition) is 1. The second kappa shape index (κ2) is 7.44. The van der Waals surface area contributed by atoms with Crippen molar-refractivity contribution in [3.05, 3.63) is 41.5 Å². The van der Waals surface area contributed by atoms with Crippen LogP contribution < -0.4 is 10.2 Å². The summed E-state index contributed by atoms with van der Waals surface area (Å²) in [7, 11) is 0. The van der Waals surface area contributed by atoms with Crippen molar-refractivity contribution in [2.75, 3.05) is 29.1 Å². The highest BCUT2D eigenvalue weighted by Crippen LogP contribution is 2.25. The topological polar surface area (TPSA) is 58.1 Å². The van der Waals surface area contributed by atoms with Gasteiger partial charge in [-0.1, -0.05) is 17.8 Å². The Balaban J connectivity index is 1.29. The lowest BCUT2D eigenvalue weighted by Gasteiger charge is -2.15. The first-order chi connectivity index (χ1) is 12.3. The van der Waals surface area contributed by atoms with E-state index in [-0.39, 0.29) is 5.91 Å². The Kier molecular flexibility index (Phi) is 4.88. The summed E-state index contributed by atoms with van der Waals surface area (Å²) in [4.78, 5) is 14.4. The van der Waals surface area contributed by atoms with E-state index in [0.29, 0.717) is 5.75 Å². The van der Waals surface area contributed by atoms with Crippen molar-refractivity contribution in [3.8, 4) is 0 Å². The van der Waals surface area contributed by atoms with E-state index in [2.05, 4.69) is 32.5 Å². The van der Waals surface area contributed by atoms with Crippen molar-refractivity contribution >= 4 is 29.2 Å². The molecule has 0 spiro atoms. The van der Waals surface area contributed by atoms with Crippen LogP contribution in [-0.4, -0.2) is 34.9 Å². The number of nitrogens with zero attached hydrogens (tertiary/aromatic N) is 3. The zero-order chi connectivity index (χ0) is 17.1. The van der Waals surface area contributed by atoms with Crippen LogP contribution in [0.3, 0.4) is 0 Å². The van der Waals surface area contributed by atoms with Crippen LogP contribution in [0.15, 0.2) is 35.4 Å². The molecule has 1 aromatic heterocycles. The molecule has 0 radical (unpaired) electrons. The minimum atomic E-state index is -0.00614. The summed E-state index contributed by atoms with van der Waals surface area (Å²) in [5.74, 6) is 1.27. The zero-order valence-electron chi connectivity index (χ0n) is 14.2. The van der Waals surface area contributed by atoms with E-state index in [4.69, 9.17) is 0 Å². The molecular formula is C19H22N4OS. The van der Waals surface area contributed by atoms with E-state index >= 15 is 0 Å². The minimum Gasteiger partial charge on any atom is -0.355 e. The van der Waals surface area contributed by atoms with Gasteiger partial charge >= 0.3 is 0 Å². The molecule has 0 atom stereocenters. The Hall–Kier alpha value is -2.08. The molecule has 2 aliphatic rings. The average molecular weight is 354 g/mol. The van der Waals surface area contributed by atoms with Crippen molar-refractivity contribution < 1.29 is 4.79 Å². The van der Waals surface area contributed by atoms with Gasteiger partial charge in [0.15, 0.2) is 5.82 Å². The summed E-state index contributed by atoms with van der Waals surface area (Å²) in [6.07, 6.45) is 5.94. The second-order valence-corrected chi connectivity index (χ2v) is 7.59. The molecular weight excluding hydrogens is 332 g/mol. The molecule has 0 unspecified atom stereocenters. The standard InChI is InChI=1S/C19H22N4OS/c24-18(20-16-7-6-14-4-3-5-15(14)12-16)13-25-19-9-8-17(21-22-19)23-10-1-2-11-23/h6-9,12H,1-5,10-11,13H2,(H,20,24). The summed E-state index contributed by atoms with van der Waals surface area (Å²) in [5, 5.41) is 12.3. The fourth-order valence-electron chi connectivity index (χ4n) is 3.49. The van der Waals surface area contributed by atoms with Gasteiger partial charge in [0.25, 0.3) is 0 Å². The largest absolute Gasteiger partial charge is 0.355 e. The highest BCUT2D eigenvalue weighted by molar-refractivity contribution is 7.99. The van der Waals surface area contributed by atoms with E-state index in [9.17, 15) is 4.79 Å². The molecule has 1 amide bonds. The Bertz CT molecular complexity index is 757. The highest BCUT2D eigenvalue weighted by atomic mass is 32.2. The molecule has 1 aliphatic carbocycles. The fraction of sp³-hybridized carbons (Fsp3) is 0.421. The number of rotatable bonds is 5. The molecule has 0 saturated carbocycles. The zero-order valence-corrected chi connectivity index (χ0v) is 15.0. The number of thioether (sulfide) groups is 1. The molecule has 0 bridgehead atoms. The Morgan fingerprint density at radius 3 is 2.68 bits per heavy atom. The third-order valence-corrected chi connectivity index (χ3v) is 5.71. The lowest BCUT2D eigenvalue weighted by molar-refractivity contribution is -0.113. The number of hydrogen-bond acceptors (Lipinski definition) is 5. The third-order valence-electron chi connectivity index (χ3n) is 4.79. The normalized spacial score (nSPS) is 16.1. The van der Waals surface area contributed by atoms with Crippen LogP contribution in [0.1, 0.15) is 30.4 Å². The SMILES string of the molecule is O=C(CSc1ccc(N2CCCC2)nn1)Nc1ccc2c(c1)CCC2. The smallest absolute Gasteiger partial charge is 0.234 e. The van der Waals surface area contributed by atoms with E-state index in [0.717, 1.165) is 42.5 Å². The molecule has 1 aliphatic heterocycles. The molecule has 5 nitrogen and oxygen atoms in total. The van der Waals surface area contributed by atoms with Crippen LogP contribution in [0, 0.1) is 0 Å². The number of aryl methyl sites for hydroxylation is 2. The highest BCUT2D eigenvalue weighted by Gasteiger charge is 2.14. The summed E-state index contributed by atoms with van der Waals surface area (Å²) in [5.41, 5.74) is 3.68. The summed E-state index contributed by atoms with van der Waals surface area (Å²) >= 11 is 1.42. The van der Waals surface area contributed by atoms with Crippen LogP contribution >= 0.6 is 11.8 Å². The van der Waals surface area contributed by atoms with Gasteiger partial charge in [0.1, 0.15) is 5.03 Å².